The maximum absolute atomic E-state index is 13.4. The lowest BCUT2D eigenvalue weighted by molar-refractivity contribution is 0.271. The van der Waals surface area contributed by atoms with Crippen molar-refractivity contribution in [3.63, 3.8) is 0 Å². The van der Waals surface area contributed by atoms with E-state index in [0.29, 0.717) is 0 Å². The number of nitrogens with zero attached hydrogens (tertiary/aromatic N) is 2. The molecule has 100 valence electrons. The van der Waals surface area contributed by atoms with Gasteiger partial charge in [-0.2, -0.15) is 0 Å². The molecule has 2 aromatic rings. The minimum absolute atomic E-state index is 0.204. The lowest BCUT2D eigenvalue weighted by Gasteiger charge is -2.20. The van der Waals surface area contributed by atoms with E-state index in [4.69, 9.17) is 0 Å². The summed E-state index contributed by atoms with van der Waals surface area (Å²) in [6.07, 6.45) is 3.59. The number of benzene rings is 1. The second-order valence-electron chi connectivity index (χ2n) is 4.44. The van der Waals surface area contributed by atoms with Crippen LogP contribution in [0.3, 0.4) is 0 Å². The molecule has 0 atom stereocenters. The summed E-state index contributed by atoms with van der Waals surface area (Å²) in [6, 6.07) is 9.02. The highest BCUT2D eigenvalue weighted by Gasteiger charge is 2.06. The van der Waals surface area contributed by atoms with Crippen molar-refractivity contribution in [1.29, 1.82) is 0 Å². The lowest BCUT2D eigenvalue weighted by Crippen LogP contribution is -2.22. The normalized spacial score (nSPS) is 10.9. The van der Waals surface area contributed by atoms with Crippen molar-refractivity contribution >= 4 is 15.9 Å². The summed E-state index contributed by atoms with van der Waals surface area (Å²) in [5.74, 6) is -0.204. The quantitative estimate of drug-likeness (QED) is 0.827. The SMILES string of the molecule is CCN(Cc1ccncc1)Cc1cc(F)cc(Br)c1. The molecule has 1 aromatic carbocycles. The highest BCUT2D eigenvalue weighted by Crippen LogP contribution is 2.17. The Morgan fingerprint density at radius 1 is 1.11 bits per heavy atom. The van der Waals surface area contributed by atoms with Crippen molar-refractivity contribution in [2.45, 2.75) is 20.0 Å². The summed E-state index contributed by atoms with van der Waals surface area (Å²) in [7, 11) is 0. The van der Waals surface area contributed by atoms with Gasteiger partial charge in [0.05, 0.1) is 0 Å². The van der Waals surface area contributed by atoms with Gasteiger partial charge in [0.25, 0.3) is 0 Å². The van der Waals surface area contributed by atoms with E-state index in [1.54, 1.807) is 18.5 Å². The Labute approximate surface area is 121 Å². The largest absolute Gasteiger partial charge is 0.295 e. The van der Waals surface area contributed by atoms with E-state index >= 15 is 0 Å². The highest BCUT2D eigenvalue weighted by molar-refractivity contribution is 9.10. The van der Waals surface area contributed by atoms with Gasteiger partial charge in [-0.25, -0.2) is 4.39 Å². The fourth-order valence-electron chi connectivity index (χ4n) is 1.99. The number of rotatable bonds is 5. The average molecular weight is 323 g/mol. The second kappa shape index (κ2) is 6.78. The summed E-state index contributed by atoms with van der Waals surface area (Å²) in [5, 5.41) is 0. The molecule has 0 unspecified atom stereocenters. The van der Waals surface area contributed by atoms with Gasteiger partial charge in [0.2, 0.25) is 0 Å². The van der Waals surface area contributed by atoms with Gasteiger partial charge in [-0.1, -0.05) is 22.9 Å². The zero-order valence-corrected chi connectivity index (χ0v) is 12.4. The van der Waals surface area contributed by atoms with E-state index in [0.717, 1.165) is 29.7 Å². The monoisotopic (exact) mass is 322 g/mol. The van der Waals surface area contributed by atoms with E-state index in [9.17, 15) is 4.39 Å². The molecule has 0 spiro atoms. The molecule has 0 amide bonds. The maximum Gasteiger partial charge on any atom is 0.124 e. The van der Waals surface area contributed by atoms with Crippen LogP contribution in [-0.2, 0) is 13.1 Å². The van der Waals surface area contributed by atoms with Crippen molar-refractivity contribution < 1.29 is 4.39 Å². The maximum atomic E-state index is 13.4. The van der Waals surface area contributed by atoms with Gasteiger partial charge in [0.1, 0.15) is 5.82 Å². The second-order valence-corrected chi connectivity index (χ2v) is 5.35. The number of halogens is 2. The average Bonchev–Trinajstić information content (AvgIpc) is 2.38. The molecule has 19 heavy (non-hydrogen) atoms. The smallest absolute Gasteiger partial charge is 0.124 e. The Morgan fingerprint density at radius 3 is 2.42 bits per heavy atom. The number of pyridine rings is 1. The summed E-state index contributed by atoms with van der Waals surface area (Å²) in [4.78, 5) is 6.27. The lowest BCUT2D eigenvalue weighted by atomic mass is 10.2. The molecule has 0 aliphatic heterocycles. The molecule has 0 aliphatic rings. The Balaban J connectivity index is 2.06. The summed E-state index contributed by atoms with van der Waals surface area (Å²) < 4.78 is 14.1. The summed E-state index contributed by atoms with van der Waals surface area (Å²) in [6.45, 7) is 4.59. The minimum atomic E-state index is -0.204. The fourth-order valence-corrected chi connectivity index (χ4v) is 2.50. The third-order valence-corrected chi connectivity index (χ3v) is 3.39. The molecular weight excluding hydrogens is 307 g/mol. The van der Waals surface area contributed by atoms with E-state index in [2.05, 4.69) is 32.7 Å². The Hall–Kier alpha value is -1.26. The summed E-state index contributed by atoms with van der Waals surface area (Å²) >= 11 is 3.32. The standard InChI is InChI=1S/C15H16BrFN2/c1-2-19(10-12-3-5-18-6-4-12)11-13-7-14(16)9-15(17)8-13/h3-9H,2,10-11H2,1H3. The first-order valence-corrected chi connectivity index (χ1v) is 7.03. The van der Waals surface area contributed by atoms with E-state index in [1.165, 1.54) is 11.6 Å². The van der Waals surface area contributed by atoms with E-state index in [1.807, 2.05) is 18.2 Å². The molecule has 1 heterocycles. The van der Waals surface area contributed by atoms with Crippen LogP contribution in [0, 0.1) is 5.82 Å². The Morgan fingerprint density at radius 2 is 1.79 bits per heavy atom. The van der Waals surface area contributed by atoms with Crippen LogP contribution >= 0.6 is 15.9 Å². The van der Waals surface area contributed by atoms with Gasteiger partial charge < -0.3 is 0 Å². The predicted octanol–water partition coefficient (Wildman–Crippen LogP) is 4.01. The van der Waals surface area contributed by atoms with Gasteiger partial charge >= 0.3 is 0 Å². The zero-order chi connectivity index (χ0) is 13.7. The van der Waals surface area contributed by atoms with Gasteiger partial charge in [-0.3, -0.25) is 9.88 Å². The number of hydrogen-bond acceptors (Lipinski definition) is 2. The van der Waals surface area contributed by atoms with Crippen molar-refractivity contribution in [3.8, 4) is 0 Å². The van der Waals surface area contributed by atoms with Crippen molar-refractivity contribution in [2.75, 3.05) is 6.54 Å². The van der Waals surface area contributed by atoms with Crippen LogP contribution in [0.15, 0.2) is 47.2 Å². The van der Waals surface area contributed by atoms with Crippen molar-refractivity contribution in [3.05, 3.63) is 64.1 Å². The topological polar surface area (TPSA) is 16.1 Å². The Kier molecular flexibility index (Phi) is 5.05. The van der Waals surface area contributed by atoms with Crippen LogP contribution in [0.4, 0.5) is 4.39 Å². The van der Waals surface area contributed by atoms with Crippen molar-refractivity contribution in [1.82, 2.24) is 9.88 Å². The molecule has 0 radical (unpaired) electrons. The van der Waals surface area contributed by atoms with E-state index < -0.39 is 0 Å². The van der Waals surface area contributed by atoms with Crippen LogP contribution in [0.1, 0.15) is 18.1 Å². The minimum Gasteiger partial charge on any atom is -0.295 e. The molecule has 0 saturated carbocycles. The first-order valence-electron chi connectivity index (χ1n) is 6.23. The van der Waals surface area contributed by atoms with Crippen LogP contribution in [0.2, 0.25) is 0 Å². The van der Waals surface area contributed by atoms with Gasteiger partial charge in [0.15, 0.2) is 0 Å². The van der Waals surface area contributed by atoms with Gasteiger partial charge in [-0.05, 0) is 48.0 Å². The molecule has 0 N–H and O–H groups in total. The molecule has 0 bridgehead atoms. The number of aromatic nitrogens is 1. The molecule has 0 fully saturated rings. The molecule has 0 aliphatic carbocycles. The van der Waals surface area contributed by atoms with Crippen LogP contribution < -0.4 is 0 Å². The molecule has 0 saturated heterocycles. The first kappa shape index (κ1) is 14.2. The van der Waals surface area contributed by atoms with Crippen LogP contribution in [-0.4, -0.2) is 16.4 Å². The molecule has 4 heteroatoms. The zero-order valence-electron chi connectivity index (χ0n) is 10.8. The molecular formula is C15H16BrFN2. The summed E-state index contributed by atoms with van der Waals surface area (Å²) in [5.41, 5.74) is 2.19. The predicted molar refractivity (Wildman–Crippen MR) is 78.1 cm³/mol. The van der Waals surface area contributed by atoms with Crippen molar-refractivity contribution in [2.24, 2.45) is 0 Å². The fraction of sp³-hybridized carbons (Fsp3) is 0.267. The molecule has 1 aromatic heterocycles. The third-order valence-electron chi connectivity index (χ3n) is 2.93. The van der Waals surface area contributed by atoms with E-state index in [-0.39, 0.29) is 5.82 Å². The number of hydrogen-bond donors (Lipinski definition) is 0. The van der Waals surface area contributed by atoms with Gasteiger partial charge in [0, 0.05) is 30.0 Å². The first-order chi connectivity index (χ1) is 9.17. The Bertz CT molecular complexity index is 511. The highest BCUT2D eigenvalue weighted by atomic mass is 79.9. The third kappa shape index (κ3) is 4.40. The van der Waals surface area contributed by atoms with Crippen LogP contribution in [0.5, 0.6) is 0 Å². The molecule has 2 rings (SSSR count). The molecule has 2 nitrogen and oxygen atoms in total. The van der Waals surface area contributed by atoms with Gasteiger partial charge in [-0.15, -0.1) is 0 Å². The van der Waals surface area contributed by atoms with Crippen LogP contribution in [0.25, 0.3) is 0 Å².